The molecule has 8 nitrogen and oxygen atoms in total. The summed E-state index contributed by atoms with van der Waals surface area (Å²) in [6.45, 7) is 7.10. The average Bonchev–Trinajstić information content (AvgIpc) is 3.31. The topological polar surface area (TPSA) is 96.4 Å². The normalized spacial score (nSPS) is 32.5. The number of likely N-dealkylation sites (tertiary alicyclic amines) is 1. The first kappa shape index (κ1) is 28.6. The highest BCUT2D eigenvalue weighted by Gasteiger charge is 2.75. The van der Waals surface area contributed by atoms with Crippen LogP contribution in [0.3, 0.4) is 0 Å². The van der Waals surface area contributed by atoms with Crippen LogP contribution in [0.1, 0.15) is 63.0 Å². The summed E-state index contributed by atoms with van der Waals surface area (Å²) >= 11 is 0. The smallest absolute Gasteiger partial charge is 0.313 e. The first-order chi connectivity index (χ1) is 19.3. The number of aliphatic hydroxyl groups excluding tert-OH is 1. The molecule has 0 bridgehead atoms. The highest BCUT2D eigenvalue weighted by molar-refractivity contribution is 6.06. The van der Waals surface area contributed by atoms with Crippen LogP contribution in [-0.2, 0) is 23.9 Å². The van der Waals surface area contributed by atoms with E-state index >= 15 is 0 Å². The number of benzene rings is 1. The van der Waals surface area contributed by atoms with Crippen LogP contribution in [0.15, 0.2) is 42.5 Å². The number of fused-ring (bicyclic) bond motifs is 2. The maximum Gasteiger partial charge on any atom is 0.313 e. The van der Waals surface area contributed by atoms with E-state index in [0.717, 1.165) is 36.1 Å². The summed E-state index contributed by atoms with van der Waals surface area (Å²) in [4.78, 5) is 46.1. The molecular formula is C32H42N2O6. The maximum atomic E-state index is 14.6. The number of cyclic esters (lactones) is 1. The molecule has 4 aliphatic rings. The third-order valence-corrected chi connectivity index (χ3v) is 9.10. The molecule has 2 amide bonds. The van der Waals surface area contributed by atoms with Crippen molar-refractivity contribution in [3.05, 3.63) is 53.6 Å². The summed E-state index contributed by atoms with van der Waals surface area (Å²) in [5.41, 5.74) is 0.514. The van der Waals surface area contributed by atoms with Crippen molar-refractivity contribution in [3.8, 4) is 0 Å². The Labute approximate surface area is 237 Å². The number of anilines is 1. The predicted octanol–water partition coefficient (Wildman–Crippen LogP) is 4.01. The fourth-order valence-corrected chi connectivity index (χ4v) is 7.09. The summed E-state index contributed by atoms with van der Waals surface area (Å²) in [7, 11) is 0. The quantitative estimate of drug-likeness (QED) is 0.299. The number of carbonyl (C=O) groups is 3. The van der Waals surface area contributed by atoms with E-state index in [-0.39, 0.29) is 18.4 Å². The third-order valence-electron chi connectivity index (χ3n) is 9.10. The molecule has 5 atom stereocenters. The lowest BCUT2D eigenvalue weighted by molar-refractivity contribution is -0.159. The van der Waals surface area contributed by atoms with Crippen LogP contribution in [0.25, 0.3) is 0 Å². The first-order valence-electron chi connectivity index (χ1n) is 14.8. The van der Waals surface area contributed by atoms with Gasteiger partial charge >= 0.3 is 5.97 Å². The Hall–Kier alpha value is -2.97. The molecule has 1 aromatic rings. The highest BCUT2D eigenvalue weighted by atomic mass is 16.6. The number of amides is 2. The van der Waals surface area contributed by atoms with Gasteiger partial charge in [-0.3, -0.25) is 14.4 Å². The number of rotatable bonds is 8. The standard InChI is InChI=1S/C32H42N2O6/c1-4-31-15-8-7-11-20-39-30(38)26(31)25-28(36)34(17-9-5-6-10-19-35)27-29(37)33(18-12-16-32(25,27)40-31)24-21-22(2)13-14-23(24)3/h8,12-16,21,25-27,35H,4-7,9-11,17-20H2,1-3H3/b15-8-/t25-,26-,27?,31+,32-/m0/s1. The van der Waals surface area contributed by atoms with Crippen molar-refractivity contribution < 1.29 is 29.0 Å². The third kappa shape index (κ3) is 4.69. The second kappa shape index (κ2) is 11.5. The number of esters is 1. The highest BCUT2D eigenvalue weighted by Crippen LogP contribution is 2.58. The molecule has 1 unspecified atom stereocenters. The second-order valence-electron chi connectivity index (χ2n) is 11.6. The zero-order valence-corrected chi connectivity index (χ0v) is 23.9. The zero-order chi connectivity index (χ0) is 28.5. The molecule has 2 saturated heterocycles. The molecule has 1 N–H and O–H groups in total. The van der Waals surface area contributed by atoms with Crippen LogP contribution in [0.4, 0.5) is 5.69 Å². The first-order valence-corrected chi connectivity index (χ1v) is 14.8. The molecule has 4 heterocycles. The lowest BCUT2D eigenvalue weighted by atomic mass is 9.73. The molecule has 1 aromatic carbocycles. The minimum absolute atomic E-state index is 0.134. The van der Waals surface area contributed by atoms with Gasteiger partial charge in [0.25, 0.3) is 5.91 Å². The van der Waals surface area contributed by atoms with Crippen LogP contribution in [0.2, 0.25) is 0 Å². The molecule has 0 aromatic heterocycles. The van der Waals surface area contributed by atoms with E-state index in [1.54, 1.807) is 9.80 Å². The molecule has 216 valence electrons. The van der Waals surface area contributed by atoms with Gasteiger partial charge in [-0.2, -0.15) is 0 Å². The van der Waals surface area contributed by atoms with Crippen molar-refractivity contribution in [1.82, 2.24) is 4.90 Å². The number of unbranched alkanes of at least 4 members (excludes halogenated alkanes) is 3. The Bertz CT molecular complexity index is 1210. The minimum atomic E-state index is -1.28. The lowest BCUT2D eigenvalue weighted by Gasteiger charge is -2.38. The Morgan fingerprint density at radius 1 is 1.00 bits per heavy atom. The van der Waals surface area contributed by atoms with Crippen molar-refractivity contribution in [2.75, 3.05) is 31.2 Å². The van der Waals surface area contributed by atoms with Gasteiger partial charge in [0.05, 0.1) is 12.5 Å². The monoisotopic (exact) mass is 550 g/mol. The number of hydrogen-bond donors (Lipinski definition) is 1. The molecule has 2 fully saturated rings. The van der Waals surface area contributed by atoms with Gasteiger partial charge in [0.2, 0.25) is 5.91 Å². The van der Waals surface area contributed by atoms with E-state index < -0.39 is 35.0 Å². The number of aliphatic hydroxyl groups is 1. The van der Waals surface area contributed by atoms with Crippen LogP contribution in [-0.4, -0.2) is 71.3 Å². The van der Waals surface area contributed by atoms with Gasteiger partial charge in [-0.1, -0.05) is 56.2 Å². The minimum Gasteiger partial charge on any atom is -0.465 e. The van der Waals surface area contributed by atoms with Crippen molar-refractivity contribution in [2.45, 2.75) is 83.0 Å². The van der Waals surface area contributed by atoms with E-state index in [0.29, 0.717) is 45.4 Å². The van der Waals surface area contributed by atoms with Crippen molar-refractivity contribution >= 4 is 23.5 Å². The van der Waals surface area contributed by atoms with Gasteiger partial charge in [-0.25, -0.2) is 0 Å². The number of hydrogen-bond acceptors (Lipinski definition) is 6. The average molecular weight is 551 g/mol. The Morgan fingerprint density at radius 2 is 1.80 bits per heavy atom. The predicted molar refractivity (Wildman–Crippen MR) is 152 cm³/mol. The van der Waals surface area contributed by atoms with Crippen LogP contribution in [0, 0.1) is 25.7 Å². The van der Waals surface area contributed by atoms with Gasteiger partial charge < -0.3 is 24.4 Å². The van der Waals surface area contributed by atoms with Crippen LogP contribution in [0.5, 0.6) is 0 Å². The number of aryl methyl sites for hydroxylation is 2. The van der Waals surface area contributed by atoms with Crippen LogP contribution < -0.4 is 4.90 Å². The molecule has 4 aliphatic heterocycles. The van der Waals surface area contributed by atoms with Gasteiger partial charge in [0, 0.05) is 25.4 Å². The summed E-state index contributed by atoms with van der Waals surface area (Å²) in [5, 5.41) is 9.18. The Balaban J connectivity index is 1.61. The van der Waals surface area contributed by atoms with Gasteiger partial charge in [0.1, 0.15) is 23.2 Å². The fraction of sp³-hybridized carbons (Fsp3) is 0.594. The van der Waals surface area contributed by atoms with E-state index in [1.807, 2.05) is 63.3 Å². The summed E-state index contributed by atoms with van der Waals surface area (Å²) in [6, 6.07) is 5.14. The van der Waals surface area contributed by atoms with E-state index in [1.165, 1.54) is 0 Å². The largest absolute Gasteiger partial charge is 0.465 e. The van der Waals surface area contributed by atoms with E-state index in [2.05, 4.69) is 0 Å². The van der Waals surface area contributed by atoms with Crippen molar-refractivity contribution in [3.63, 3.8) is 0 Å². The molecule has 8 heteroatoms. The molecule has 5 rings (SSSR count). The van der Waals surface area contributed by atoms with Gasteiger partial charge in [-0.15, -0.1) is 0 Å². The number of allylic oxidation sites excluding steroid dienone is 1. The number of nitrogens with zero attached hydrogens (tertiary/aromatic N) is 2. The molecular weight excluding hydrogens is 508 g/mol. The molecule has 40 heavy (non-hydrogen) atoms. The molecule has 0 aliphatic carbocycles. The lowest BCUT2D eigenvalue weighted by Crippen LogP contribution is -2.56. The second-order valence-corrected chi connectivity index (χ2v) is 11.6. The molecule has 1 spiro atoms. The molecule has 0 saturated carbocycles. The van der Waals surface area contributed by atoms with Crippen LogP contribution >= 0.6 is 0 Å². The van der Waals surface area contributed by atoms with Gasteiger partial charge in [-0.05, 0) is 63.1 Å². The number of ether oxygens (including phenoxy) is 2. The summed E-state index contributed by atoms with van der Waals surface area (Å²) in [6.07, 6.45) is 12.8. The van der Waals surface area contributed by atoms with E-state index in [9.17, 15) is 19.5 Å². The summed E-state index contributed by atoms with van der Waals surface area (Å²) < 4.78 is 12.7. The zero-order valence-electron chi connectivity index (χ0n) is 23.9. The number of carbonyl (C=O) groups excluding carboxylic acids is 3. The van der Waals surface area contributed by atoms with Crippen molar-refractivity contribution in [2.24, 2.45) is 11.8 Å². The van der Waals surface area contributed by atoms with Crippen molar-refractivity contribution in [1.29, 1.82) is 0 Å². The Morgan fingerprint density at radius 3 is 2.58 bits per heavy atom. The maximum absolute atomic E-state index is 14.6. The summed E-state index contributed by atoms with van der Waals surface area (Å²) in [5.74, 6) is -2.55. The Kier molecular flexibility index (Phi) is 8.20. The van der Waals surface area contributed by atoms with E-state index in [4.69, 9.17) is 9.47 Å². The van der Waals surface area contributed by atoms with Gasteiger partial charge in [0.15, 0.2) is 0 Å². The molecule has 0 radical (unpaired) electrons. The fourth-order valence-electron chi connectivity index (χ4n) is 7.09. The SMILES string of the molecule is CC[C@@]12/C=C\CCCOC(=O)[C@@H]1[C@H]1C(=O)N(CCCCCCO)C3C(=O)N(c4cc(C)ccc4C)CC=C[C@@]31O2.